The summed E-state index contributed by atoms with van der Waals surface area (Å²) >= 11 is 3.34. The minimum atomic E-state index is -0.158. The number of pyridine rings is 1. The van der Waals surface area contributed by atoms with Crippen molar-refractivity contribution in [1.29, 1.82) is 0 Å². The Balaban J connectivity index is 2.51. The van der Waals surface area contributed by atoms with E-state index in [2.05, 4.69) is 30.9 Å². The van der Waals surface area contributed by atoms with Gasteiger partial charge < -0.3 is 5.73 Å². The normalized spacial score (nSPS) is 12.4. The number of aromatic nitrogens is 3. The summed E-state index contributed by atoms with van der Waals surface area (Å²) in [5.74, 6) is 0. The molecular weight excluding hydrogens is 268 g/mol. The van der Waals surface area contributed by atoms with E-state index in [9.17, 15) is 0 Å². The predicted molar refractivity (Wildman–Crippen MR) is 65.6 cm³/mol. The van der Waals surface area contributed by atoms with Crippen molar-refractivity contribution in [1.82, 2.24) is 15.0 Å². The molecule has 2 aromatic heterocycles. The second-order valence-electron chi connectivity index (χ2n) is 3.44. The van der Waals surface area contributed by atoms with Crippen LogP contribution in [-0.2, 0) is 0 Å². The number of hydrogen-bond donors (Lipinski definition) is 1. The SMILES string of the molecule is C[C@H](N)c1nccnc1-c1ccc(Br)cn1. The van der Waals surface area contributed by atoms with Gasteiger partial charge in [-0.3, -0.25) is 15.0 Å². The Bertz CT molecular complexity index is 482. The zero-order valence-corrected chi connectivity index (χ0v) is 10.3. The molecule has 0 aromatic carbocycles. The molecule has 0 bridgehead atoms. The molecule has 1 atom stereocenters. The Morgan fingerprint density at radius 2 is 1.94 bits per heavy atom. The van der Waals surface area contributed by atoms with Crippen LogP contribution in [0.2, 0.25) is 0 Å². The van der Waals surface area contributed by atoms with Gasteiger partial charge in [0, 0.05) is 29.1 Å². The maximum absolute atomic E-state index is 5.84. The third-order valence-corrected chi connectivity index (χ3v) is 2.60. The summed E-state index contributed by atoms with van der Waals surface area (Å²) in [5.41, 5.74) is 8.13. The highest BCUT2D eigenvalue weighted by molar-refractivity contribution is 9.10. The number of halogens is 1. The fourth-order valence-corrected chi connectivity index (χ4v) is 1.63. The van der Waals surface area contributed by atoms with Crippen molar-refractivity contribution in [2.24, 2.45) is 5.73 Å². The Labute approximate surface area is 102 Å². The summed E-state index contributed by atoms with van der Waals surface area (Å²) in [7, 11) is 0. The third kappa shape index (κ3) is 2.25. The van der Waals surface area contributed by atoms with Gasteiger partial charge in [0.15, 0.2) is 0 Å². The van der Waals surface area contributed by atoms with E-state index in [-0.39, 0.29) is 6.04 Å². The molecule has 0 unspecified atom stereocenters. The van der Waals surface area contributed by atoms with E-state index in [4.69, 9.17) is 5.73 Å². The number of nitrogens with two attached hydrogens (primary N) is 1. The van der Waals surface area contributed by atoms with Crippen LogP contribution in [0, 0.1) is 0 Å². The first-order valence-electron chi connectivity index (χ1n) is 4.87. The van der Waals surface area contributed by atoms with Gasteiger partial charge in [0.25, 0.3) is 0 Å². The zero-order chi connectivity index (χ0) is 11.5. The van der Waals surface area contributed by atoms with E-state index in [0.717, 1.165) is 21.6 Å². The van der Waals surface area contributed by atoms with E-state index in [1.54, 1.807) is 18.6 Å². The molecule has 0 amide bonds. The van der Waals surface area contributed by atoms with Crippen molar-refractivity contribution in [2.75, 3.05) is 0 Å². The van der Waals surface area contributed by atoms with Crippen LogP contribution in [0.3, 0.4) is 0 Å². The highest BCUT2D eigenvalue weighted by Gasteiger charge is 2.11. The van der Waals surface area contributed by atoms with Crippen LogP contribution in [0.1, 0.15) is 18.7 Å². The fourth-order valence-electron chi connectivity index (χ4n) is 1.40. The van der Waals surface area contributed by atoms with Crippen molar-refractivity contribution in [3.05, 3.63) is 40.9 Å². The lowest BCUT2D eigenvalue weighted by molar-refractivity contribution is 0.775. The summed E-state index contributed by atoms with van der Waals surface area (Å²) in [6.45, 7) is 1.88. The molecule has 5 heteroatoms. The minimum absolute atomic E-state index is 0.158. The molecule has 0 saturated carbocycles. The molecule has 82 valence electrons. The first-order chi connectivity index (χ1) is 7.68. The number of nitrogens with zero attached hydrogens (tertiary/aromatic N) is 3. The lowest BCUT2D eigenvalue weighted by Crippen LogP contribution is -2.10. The van der Waals surface area contributed by atoms with Crippen molar-refractivity contribution in [2.45, 2.75) is 13.0 Å². The molecule has 0 spiro atoms. The summed E-state index contributed by atoms with van der Waals surface area (Å²) in [6, 6.07) is 3.65. The minimum Gasteiger partial charge on any atom is -0.323 e. The Morgan fingerprint density at radius 1 is 1.19 bits per heavy atom. The molecule has 2 heterocycles. The molecule has 4 nitrogen and oxygen atoms in total. The highest BCUT2D eigenvalue weighted by atomic mass is 79.9. The van der Waals surface area contributed by atoms with Crippen LogP contribution < -0.4 is 5.73 Å². The smallest absolute Gasteiger partial charge is 0.112 e. The average Bonchev–Trinajstić information content (AvgIpc) is 2.30. The van der Waals surface area contributed by atoms with Gasteiger partial charge in [0.2, 0.25) is 0 Å². The highest BCUT2D eigenvalue weighted by Crippen LogP contribution is 2.22. The Morgan fingerprint density at radius 3 is 2.56 bits per heavy atom. The zero-order valence-electron chi connectivity index (χ0n) is 8.76. The van der Waals surface area contributed by atoms with Crippen LogP contribution in [0.5, 0.6) is 0 Å². The maximum atomic E-state index is 5.84. The van der Waals surface area contributed by atoms with Gasteiger partial charge in [-0.2, -0.15) is 0 Å². The topological polar surface area (TPSA) is 64.7 Å². The van der Waals surface area contributed by atoms with Crippen LogP contribution >= 0.6 is 15.9 Å². The van der Waals surface area contributed by atoms with Crippen LogP contribution in [0.4, 0.5) is 0 Å². The third-order valence-electron chi connectivity index (χ3n) is 2.13. The number of rotatable bonds is 2. The van der Waals surface area contributed by atoms with Crippen molar-refractivity contribution in [3.8, 4) is 11.4 Å². The molecule has 2 N–H and O–H groups in total. The molecular formula is C11H11BrN4. The van der Waals surface area contributed by atoms with Gasteiger partial charge >= 0.3 is 0 Å². The van der Waals surface area contributed by atoms with Gasteiger partial charge in [-0.1, -0.05) is 0 Å². The van der Waals surface area contributed by atoms with Gasteiger partial charge in [-0.25, -0.2) is 0 Å². The van der Waals surface area contributed by atoms with Gasteiger partial charge in [0.05, 0.1) is 11.4 Å². The molecule has 0 aliphatic rings. The van der Waals surface area contributed by atoms with E-state index in [1.807, 2.05) is 19.1 Å². The Kier molecular flexibility index (Phi) is 3.26. The van der Waals surface area contributed by atoms with Crippen LogP contribution in [0.25, 0.3) is 11.4 Å². The molecule has 2 aromatic rings. The van der Waals surface area contributed by atoms with Crippen LogP contribution in [0.15, 0.2) is 35.2 Å². The van der Waals surface area contributed by atoms with Crippen molar-refractivity contribution >= 4 is 15.9 Å². The first-order valence-corrected chi connectivity index (χ1v) is 5.66. The number of hydrogen-bond acceptors (Lipinski definition) is 4. The quantitative estimate of drug-likeness (QED) is 0.916. The van der Waals surface area contributed by atoms with Gasteiger partial charge in [0.1, 0.15) is 5.69 Å². The standard InChI is InChI=1S/C11H11BrN4/c1-7(13)10-11(15-5-4-14-10)9-3-2-8(12)6-16-9/h2-7H,13H2,1H3/t7-/m0/s1. The summed E-state index contributed by atoms with van der Waals surface area (Å²) in [4.78, 5) is 12.8. The molecule has 0 aliphatic carbocycles. The second kappa shape index (κ2) is 4.67. The van der Waals surface area contributed by atoms with E-state index in [0.29, 0.717) is 0 Å². The molecule has 0 saturated heterocycles. The monoisotopic (exact) mass is 278 g/mol. The fraction of sp³-hybridized carbons (Fsp3) is 0.182. The molecule has 0 radical (unpaired) electrons. The average molecular weight is 279 g/mol. The predicted octanol–water partition coefficient (Wildman–Crippen LogP) is 2.32. The van der Waals surface area contributed by atoms with E-state index < -0.39 is 0 Å². The lowest BCUT2D eigenvalue weighted by Gasteiger charge is -2.09. The maximum Gasteiger partial charge on any atom is 0.112 e. The van der Waals surface area contributed by atoms with Crippen molar-refractivity contribution < 1.29 is 0 Å². The summed E-state index contributed by atoms with van der Waals surface area (Å²) < 4.78 is 0.933. The molecule has 16 heavy (non-hydrogen) atoms. The second-order valence-corrected chi connectivity index (χ2v) is 4.36. The summed E-state index contributed by atoms with van der Waals surface area (Å²) in [5, 5.41) is 0. The van der Waals surface area contributed by atoms with Gasteiger partial charge in [-0.15, -0.1) is 0 Å². The molecule has 0 aliphatic heterocycles. The first kappa shape index (κ1) is 11.2. The van der Waals surface area contributed by atoms with E-state index in [1.165, 1.54) is 0 Å². The molecule has 0 fully saturated rings. The Hall–Kier alpha value is -1.33. The summed E-state index contributed by atoms with van der Waals surface area (Å²) in [6.07, 6.45) is 5.01. The van der Waals surface area contributed by atoms with Gasteiger partial charge in [-0.05, 0) is 35.0 Å². The molecule has 2 rings (SSSR count). The lowest BCUT2D eigenvalue weighted by atomic mass is 10.1. The van der Waals surface area contributed by atoms with E-state index >= 15 is 0 Å². The largest absolute Gasteiger partial charge is 0.323 e. The van der Waals surface area contributed by atoms with Crippen molar-refractivity contribution in [3.63, 3.8) is 0 Å². The van der Waals surface area contributed by atoms with Crippen LogP contribution in [-0.4, -0.2) is 15.0 Å².